The number of nitrogens with zero attached hydrogens (tertiary/aromatic N) is 5. The summed E-state index contributed by atoms with van der Waals surface area (Å²) < 4.78 is 0. The van der Waals surface area contributed by atoms with Gasteiger partial charge in [-0.2, -0.15) is 4.98 Å². The molecular formula is C16H16N6OS. The van der Waals surface area contributed by atoms with Crippen molar-refractivity contribution in [2.24, 2.45) is 0 Å². The van der Waals surface area contributed by atoms with Crippen LogP contribution in [0.3, 0.4) is 0 Å². The van der Waals surface area contributed by atoms with Crippen LogP contribution >= 0.6 is 11.3 Å². The molecule has 0 spiro atoms. The molecule has 0 saturated carbocycles. The molecule has 1 aliphatic rings. The molecule has 2 N–H and O–H groups in total. The van der Waals surface area contributed by atoms with E-state index in [1.54, 1.807) is 35.9 Å². The minimum absolute atomic E-state index is 0.0191. The molecule has 4 rings (SSSR count). The average Bonchev–Trinajstić information content (AvgIpc) is 3.09. The van der Waals surface area contributed by atoms with Gasteiger partial charge in [-0.25, -0.2) is 4.98 Å². The molecule has 122 valence electrons. The summed E-state index contributed by atoms with van der Waals surface area (Å²) in [4.78, 5) is 30.1. The van der Waals surface area contributed by atoms with Crippen molar-refractivity contribution in [3.63, 3.8) is 0 Å². The molecule has 1 aliphatic heterocycles. The third kappa shape index (κ3) is 2.65. The molecule has 0 atom stereocenters. The number of pyridine rings is 1. The van der Waals surface area contributed by atoms with E-state index < -0.39 is 0 Å². The second kappa shape index (κ2) is 6.04. The van der Waals surface area contributed by atoms with E-state index in [2.05, 4.69) is 19.9 Å². The second-order valence-corrected chi connectivity index (χ2v) is 6.46. The fourth-order valence-electron chi connectivity index (χ4n) is 2.89. The zero-order valence-electron chi connectivity index (χ0n) is 12.9. The lowest BCUT2D eigenvalue weighted by atomic mass is 10.2. The van der Waals surface area contributed by atoms with Crippen LogP contribution in [0.2, 0.25) is 0 Å². The van der Waals surface area contributed by atoms with Gasteiger partial charge in [0, 0.05) is 38.6 Å². The molecule has 0 unspecified atom stereocenters. The van der Waals surface area contributed by atoms with E-state index in [1.807, 2.05) is 16.3 Å². The Balaban J connectivity index is 1.52. The van der Waals surface area contributed by atoms with Crippen molar-refractivity contribution in [3.05, 3.63) is 41.5 Å². The van der Waals surface area contributed by atoms with Gasteiger partial charge in [0.25, 0.3) is 5.91 Å². The number of nitrogens with two attached hydrogens (primary N) is 1. The van der Waals surface area contributed by atoms with E-state index in [9.17, 15) is 4.79 Å². The topological polar surface area (TPSA) is 88.2 Å². The van der Waals surface area contributed by atoms with Crippen LogP contribution < -0.4 is 10.6 Å². The lowest BCUT2D eigenvalue weighted by Crippen LogP contribution is -2.49. The predicted octanol–water partition coefficient (Wildman–Crippen LogP) is 1.63. The SMILES string of the molecule is Nc1nc(N2CCN(C(=O)c3cccnc3)CC2)c2ccsc2n1. The van der Waals surface area contributed by atoms with Crippen molar-refractivity contribution < 1.29 is 4.79 Å². The number of carbonyl (C=O) groups is 1. The van der Waals surface area contributed by atoms with Crippen molar-refractivity contribution in [1.82, 2.24) is 19.9 Å². The van der Waals surface area contributed by atoms with Crippen LogP contribution in [0.15, 0.2) is 36.0 Å². The number of thiophene rings is 1. The normalized spacial score (nSPS) is 15.0. The Kier molecular flexibility index (Phi) is 3.73. The molecular weight excluding hydrogens is 324 g/mol. The number of aromatic nitrogens is 3. The van der Waals surface area contributed by atoms with Crippen LogP contribution in [0.25, 0.3) is 10.2 Å². The number of carbonyl (C=O) groups excluding carboxylic acids is 1. The number of piperazine rings is 1. The lowest BCUT2D eigenvalue weighted by molar-refractivity contribution is 0.0746. The Labute approximate surface area is 142 Å². The van der Waals surface area contributed by atoms with Crippen molar-refractivity contribution >= 4 is 39.2 Å². The van der Waals surface area contributed by atoms with E-state index in [-0.39, 0.29) is 11.9 Å². The summed E-state index contributed by atoms with van der Waals surface area (Å²) in [5.41, 5.74) is 6.45. The number of amides is 1. The van der Waals surface area contributed by atoms with Crippen LogP contribution in [-0.2, 0) is 0 Å². The summed E-state index contributed by atoms with van der Waals surface area (Å²) in [7, 11) is 0. The third-order valence-corrected chi connectivity index (χ3v) is 4.90. The third-order valence-electron chi connectivity index (χ3n) is 4.10. The Hall–Kier alpha value is -2.74. The molecule has 3 aromatic rings. The number of hydrogen-bond donors (Lipinski definition) is 1. The van der Waals surface area contributed by atoms with E-state index in [0.29, 0.717) is 31.7 Å². The van der Waals surface area contributed by atoms with Crippen molar-refractivity contribution in [2.75, 3.05) is 36.8 Å². The smallest absolute Gasteiger partial charge is 0.255 e. The molecule has 0 radical (unpaired) electrons. The maximum atomic E-state index is 12.5. The van der Waals surface area contributed by atoms with Gasteiger partial charge in [0.05, 0.1) is 10.9 Å². The summed E-state index contributed by atoms with van der Waals surface area (Å²) in [6.07, 6.45) is 3.27. The molecule has 8 heteroatoms. The Morgan fingerprint density at radius 3 is 2.75 bits per heavy atom. The maximum absolute atomic E-state index is 12.5. The van der Waals surface area contributed by atoms with Crippen LogP contribution in [0.4, 0.5) is 11.8 Å². The van der Waals surface area contributed by atoms with Gasteiger partial charge < -0.3 is 15.5 Å². The standard InChI is InChI=1S/C16H16N6OS/c17-16-19-13(12-3-9-24-14(12)20-16)21-5-7-22(8-6-21)15(23)11-2-1-4-18-10-11/h1-4,9-10H,5-8H2,(H2,17,19,20). The van der Waals surface area contributed by atoms with E-state index >= 15 is 0 Å². The minimum Gasteiger partial charge on any atom is -0.368 e. The van der Waals surface area contributed by atoms with Gasteiger partial charge in [-0.05, 0) is 23.6 Å². The zero-order valence-corrected chi connectivity index (χ0v) is 13.7. The highest BCUT2D eigenvalue weighted by Crippen LogP contribution is 2.29. The number of nitrogen functional groups attached to an aromatic ring is 1. The van der Waals surface area contributed by atoms with Crippen molar-refractivity contribution in [3.8, 4) is 0 Å². The van der Waals surface area contributed by atoms with Crippen LogP contribution in [0, 0.1) is 0 Å². The first-order chi connectivity index (χ1) is 11.7. The first kappa shape index (κ1) is 14.8. The quantitative estimate of drug-likeness (QED) is 0.763. The fraction of sp³-hybridized carbons (Fsp3) is 0.250. The second-order valence-electron chi connectivity index (χ2n) is 5.57. The van der Waals surface area contributed by atoms with Crippen LogP contribution in [0.1, 0.15) is 10.4 Å². The molecule has 0 aromatic carbocycles. The molecule has 4 heterocycles. The van der Waals surface area contributed by atoms with Gasteiger partial charge in [0.2, 0.25) is 5.95 Å². The van der Waals surface area contributed by atoms with Gasteiger partial charge in [0.1, 0.15) is 10.6 Å². The summed E-state index contributed by atoms with van der Waals surface area (Å²) >= 11 is 1.55. The molecule has 1 saturated heterocycles. The molecule has 0 bridgehead atoms. The van der Waals surface area contributed by atoms with Gasteiger partial charge in [-0.15, -0.1) is 11.3 Å². The highest BCUT2D eigenvalue weighted by molar-refractivity contribution is 7.16. The van der Waals surface area contributed by atoms with Crippen LogP contribution in [-0.4, -0.2) is 51.9 Å². The van der Waals surface area contributed by atoms with Gasteiger partial charge in [0.15, 0.2) is 0 Å². The Bertz CT molecular complexity index is 873. The first-order valence-corrected chi connectivity index (χ1v) is 8.55. The molecule has 3 aromatic heterocycles. The summed E-state index contributed by atoms with van der Waals surface area (Å²) in [5, 5.41) is 3.01. The molecule has 1 fully saturated rings. The van der Waals surface area contributed by atoms with Crippen molar-refractivity contribution in [2.45, 2.75) is 0 Å². The predicted molar refractivity (Wildman–Crippen MR) is 94.2 cm³/mol. The monoisotopic (exact) mass is 340 g/mol. The summed E-state index contributed by atoms with van der Waals surface area (Å²) in [6, 6.07) is 5.59. The molecule has 0 aliphatic carbocycles. The largest absolute Gasteiger partial charge is 0.368 e. The highest BCUT2D eigenvalue weighted by atomic mass is 32.1. The van der Waals surface area contributed by atoms with Gasteiger partial charge >= 0.3 is 0 Å². The fourth-order valence-corrected chi connectivity index (χ4v) is 3.66. The lowest BCUT2D eigenvalue weighted by Gasteiger charge is -2.35. The summed E-state index contributed by atoms with van der Waals surface area (Å²) in [6.45, 7) is 2.72. The van der Waals surface area contributed by atoms with E-state index in [0.717, 1.165) is 16.0 Å². The molecule has 1 amide bonds. The zero-order chi connectivity index (χ0) is 16.5. The number of fused-ring (bicyclic) bond motifs is 1. The maximum Gasteiger partial charge on any atom is 0.255 e. The Morgan fingerprint density at radius 1 is 1.17 bits per heavy atom. The highest BCUT2D eigenvalue weighted by Gasteiger charge is 2.24. The van der Waals surface area contributed by atoms with Crippen LogP contribution in [0.5, 0.6) is 0 Å². The Morgan fingerprint density at radius 2 is 2.00 bits per heavy atom. The number of anilines is 2. The molecule has 7 nitrogen and oxygen atoms in total. The average molecular weight is 340 g/mol. The number of rotatable bonds is 2. The molecule has 24 heavy (non-hydrogen) atoms. The first-order valence-electron chi connectivity index (χ1n) is 7.67. The van der Waals surface area contributed by atoms with E-state index in [1.165, 1.54) is 0 Å². The van der Waals surface area contributed by atoms with Gasteiger partial charge in [-0.3, -0.25) is 9.78 Å². The van der Waals surface area contributed by atoms with E-state index in [4.69, 9.17) is 5.73 Å². The van der Waals surface area contributed by atoms with Gasteiger partial charge in [-0.1, -0.05) is 0 Å². The van der Waals surface area contributed by atoms with Crippen molar-refractivity contribution in [1.29, 1.82) is 0 Å². The summed E-state index contributed by atoms with van der Waals surface area (Å²) in [5.74, 6) is 1.16. The minimum atomic E-state index is 0.0191. The number of hydrogen-bond acceptors (Lipinski definition) is 7.